The maximum Gasteiger partial charge on any atom is 0.355 e. The van der Waals surface area contributed by atoms with Gasteiger partial charge >= 0.3 is 5.97 Å². The maximum absolute atomic E-state index is 12.2. The number of nitrogens with zero attached hydrogens (tertiary/aromatic N) is 1. The number of aliphatic hydroxyl groups excluding tert-OH is 1. The molecule has 0 unspecified atom stereocenters. The highest BCUT2D eigenvalue weighted by Crippen LogP contribution is 2.31. The molecule has 0 aliphatic heterocycles. The predicted molar refractivity (Wildman–Crippen MR) is 69.5 cm³/mol. The molecule has 0 spiro atoms. The van der Waals surface area contributed by atoms with Crippen molar-refractivity contribution < 1.29 is 19.4 Å². The molecule has 1 N–H and O–H groups in total. The Labute approximate surface area is 111 Å². The first kappa shape index (κ1) is 13.4. The van der Waals surface area contributed by atoms with Gasteiger partial charge in [0.25, 0.3) is 0 Å². The number of hydrogen-bond donors (Lipinski definition) is 1. The van der Waals surface area contributed by atoms with Crippen LogP contribution in [0.3, 0.4) is 0 Å². The largest absolute Gasteiger partial charge is 0.515 e. The fraction of sp³-hybridized carbons (Fsp3) is 0.429. The average Bonchev–Trinajstić information content (AvgIpc) is 2.63. The molecule has 1 heterocycles. The number of ether oxygens (including phenoxy) is 1. The zero-order valence-corrected chi connectivity index (χ0v) is 11.3. The van der Waals surface area contributed by atoms with Crippen molar-refractivity contribution >= 4 is 11.8 Å². The van der Waals surface area contributed by atoms with E-state index in [-0.39, 0.29) is 5.78 Å². The highest BCUT2D eigenvalue weighted by Gasteiger charge is 2.32. The van der Waals surface area contributed by atoms with Crippen LogP contribution in [-0.2, 0) is 18.2 Å². The fourth-order valence-electron chi connectivity index (χ4n) is 2.62. The summed E-state index contributed by atoms with van der Waals surface area (Å²) in [6.07, 6.45) is 1.98. The van der Waals surface area contributed by atoms with E-state index in [4.69, 9.17) is 9.84 Å². The van der Waals surface area contributed by atoms with Crippen molar-refractivity contribution in [2.75, 3.05) is 6.61 Å². The summed E-state index contributed by atoms with van der Waals surface area (Å²) in [4.78, 5) is 24.2. The lowest BCUT2D eigenvalue weighted by atomic mass is 9.90. The molecule has 2 rings (SSSR count). The quantitative estimate of drug-likeness (QED) is 0.504. The van der Waals surface area contributed by atoms with Gasteiger partial charge in [-0.2, -0.15) is 0 Å². The SMILES string of the molecule is CCOC(=O)c1c(C)c2c(n1C)CCC(=CO)C2=O. The number of ketones is 1. The summed E-state index contributed by atoms with van der Waals surface area (Å²) in [6, 6.07) is 0. The second-order valence-electron chi connectivity index (χ2n) is 4.56. The first-order valence-electron chi connectivity index (χ1n) is 6.26. The number of fused-ring (bicyclic) bond motifs is 1. The van der Waals surface area contributed by atoms with E-state index in [1.54, 1.807) is 25.5 Å². The number of allylic oxidation sites excluding steroid dienone is 1. The van der Waals surface area contributed by atoms with Gasteiger partial charge in [0.05, 0.1) is 12.9 Å². The van der Waals surface area contributed by atoms with Crippen molar-refractivity contribution in [3.63, 3.8) is 0 Å². The van der Waals surface area contributed by atoms with Crippen LogP contribution in [0, 0.1) is 6.92 Å². The third-order valence-corrected chi connectivity index (χ3v) is 3.53. The summed E-state index contributed by atoms with van der Waals surface area (Å²) in [5.74, 6) is -0.619. The maximum atomic E-state index is 12.2. The Balaban J connectivity index is 2.58. The minimum Gasteiger partial charge on any atom is -0.515 e. The molecule has 0 radical (unpaired) electrons. The first-order valence-corrected chi connectivity index (χ1v) is 6.26. The number of esters is 1. The van der Waals surface area contributed by atoms with Gasteiger partial charge in [-0.05, 0) is 32.3 Å². The van der Waals surface area contributed by atoms with Gasteiger partial charge in [0.1, 0.15) is 5.69 Å². The van der Waals surface area contributed by atoms with Gasteiger partial charge in [-0.25, -0.2) is 4.79 Å². The molecule has 0 amide bonds. The fourth-order valence-corrected chi connectivity index (χ4v) is 2.62. The van der Waals surface area contributed by atoms with Gasteiger partial charge in [0, 0.05) is 23.9 Å². The highest BCUT2D eigenvalue weighted by molar-refractivity contribution is 6.13. The second kappa shape index (κ2) is 4.91. The average molecular weight is 263 g/mol. The Morgan fingerprint density at radius 2 is 2.16 bits per heavy atom. The van der Waals surface area contributed by atoms with Crippen LogP contribution in [0.1, 0.15) is 45.4 Å². The van der Waals surface area contributed by atoms with Crippen LogP contribution >= 0.6 is 0 Å². The Kier molecular flexibility index (Phi) is 3.46. The molecule has 1 aliphatic rings. The zero-order chi connectivity index (χ0) is 14.2. The van der Waals surface area contributed by atoms with Gasteiger partial charge in [-0.3, -0.25) is 4.79 Å². The van der Waals surface area contributed by atoms with E-state index < -0.39 is 5.97 Å². The van der Waals surface area contributed by atoms with E-state index in [9.17, 15) is 9.59 Å². The van der Waals surface area contributed by atoms with Gasteiger partial charge in [-0.1, -0.05) is 0 Å². The van der Waals surface area contributed by atoms with Gasteiger partial charge in [0.2, 0.25) is 0 Å². The van der Waals surface area contributed by atoms with E-state index in [2.05, 4.69) is 0 Å². The summed E-state index contributed by atoms with van der Waals surface area (Å²) in [5, 5.41) is 9.07. The van der Waals surface area contributed by atoms with Crippen LogP contribution in [0.25, 0.3) is 0 Å². The molecule has 0 saturated carbocycles. The number of aliphatic hydroxyl groups is 1. The lowest BCUT2D eigenvalue weighted by molar-refractivity contribution is 0.0514. The summed E-state index contributed by atoms with van der Waals surface area (Å²) >= 11 is 0. The molecule has 0 bridgehead atoms. The van der Waals surface area contributed by atoms with Crippen LogP contribution in [0.15, 0.2) is 11.8 Å². The molecule has 19 heavy (non-hydrogen) atoms. The molecule has 0 atom stereocenters. The van der Waals surface area contributed by atoms with E-state index in [1.165, 1.54) is 0 Å². The van der Waals surface area contributed by atoms with Crippen LogP contribution in [-0.4, -0.2) is 28.0 Å². The molecule has 5 heteroatoms. The molecular weight excluding hydrogens is 246 g/mol. The van der Waals surface area contributed by atoms with Crippen molar-refractivity contribution in [3.8, 4) is 0 Å². The van der Waals surface area contributed by atoms with E-state index in [0.717, 1.165) is 12.0 Å². The van der Waals surface area contributed by atoms with Gasteiger partial charge in [0.15, 0.2) is 5.78 Å². The predicted octanol–water partition coefficient (Wildman–Crippen LogP) is 2.08. The molecule has 0 saturated heterocycles. The van der Waals surface area contributed by atoms with E-state index >= 15 is 0 Å². The third kappa shape index (κ3) is 1.95. The molecule has 1 aromatic heterocycles. The van der Waals surface area contributed by atoms with Crippen molar-refractivity contribution in [1.82, 2.24) is 4.57 Å². The molecule has 102 valence electrons. The van der Waals surface area contributed by atoms with Crippen LogP contribution in [0.2, 0.25) is 0 Å². The topological polar surface area (TPSA) is 68.5 Å². The zero-order valence-electron chi connectivity index (χ0n) is 11.3. The highest BCUT2D eigenvalue weighted by atomic mass is 16.5. The number of aromatic nitrogens is 1. The lowest BCUT2D eigenvalue weighted by Crippen LogP contribution is -2.16. The molecule has 1 aromatic rings. The van der Waals surface area contributed by atoms with Crippen LogP contribution in [0.5, 0.6) is 0 Å². The minimum absolute atomic E-state index is 0.201. The molecule has 1 aliphatic carbocycles. The van der Waals surface area contributed by atoms with Crippen molar-refractivity contribution in [2.24, 2.45) is 7.05 Å². The molecular formula is C14H17NO4. The summed E-state index contributed by atoms with van der Waals surface area (Å²) in [5.41, 5.74) is 2.78. The number of rotatable bonds is 2. The van der Waals surface area contributed by atoms with E-state index in [1.807, 2.05) is 0 Å². The molecule has 0 aromatic carbocycles. The standard InChI is InChI=1S/C14H17NO4/c1-4-19-14(18)12-8(2)11-10(15(12)3)6-5-9(7-16)13(11)17/h7,16H,4-6H2,1-3H3. The monoisotopic (exact) mass is 263 g/mol. The number of carbonyl (C=O) groups excluding carboxylic acids is 2. The van der Waals surface area contributed by atoms with Crippen molar-refractivity contribution in [2.45, 2.75) is 26.7 Å². The minimum atomic E-state index is -0.417. The van der Waals surface area contributed by atoms with Crippen LogP contribution in [0.4, 0.5) is 0 Å². The second-order valence-corrected chi connectivity index (χ2v) is 4.56. The van der Waals surface area contributed by atoms with E-state index in [0.29, 0.717) is 41.8 Å². The number of carbonyl (C=O) groups is 2. The summed E-state index contributed by atoms with van der Waals surface area (Å²) in [6.45, 7) is 3.78. The van der Waals surface area contributed by atoms with Crippen molar-refractivity contribution in [3.05, 3.63) is 34.3 Å². The lowest BCUT2D eigenvalue weighted by Gasteiger charge is -2.15. The Morgan fingerprint density at radius 3 is 2.74 bits per heavy atom. The summed E-state index contributed by atoms with van der Waals surface area (Å²) < 4.78 is 6.75. The van der Waals surface area contributed by atoms with Gasteiger partial charge < -0.3 is 14.4 Å². The summed E-state index contributed by atoms with van der Waals surface area (Å²) in [7, 11) is 1.76. The Morgan fingerprint density at radius 1 is 1.47 bits per heavy atom. The number of hydrogen-bond acceptors (Lipinski definition) is 4. The van der Waals surface area contributed by atoms with Crippen LogP contribution < -0.4 is 0 Å². The molecule has 5 nitrogen and oxygen atoms in total. The van der Waals surface area contributed by atoms with Crippen molar-refractivity contribution in [1.29, 1.82) is 0 Å². The normalized spacial score (nSPS) is 16.6. The first-order chi connectivity index (χ1) is 9.02. The number of Topliss-reactive ketones (excluding diaryl/α,β-unsaturated/α-hetero) is 1. The van der Waals surface area contributed by atoms with Gasteiger partial charge in [-0.15, -0.1) is 0 Å². The molecule has 0 fully saturated rings. The Hall–Kier alpha value is -2.04. The third-order valence-electron chi connectivity index (χ3n) is 3.53. The Bertz CT molecular complexity index is 581. The smallest absolute Gasteiger partial charge is 0.355 e.